The number of rotatable bonds is 8. The van der Waals surface area contributed by atoms with E-state index in [0.717, 1.165) is 5.56 Å². The van der Waals surface area contributed by atoms with Crippen molar-refractivity contribution in [3.05, 3.63) is 35.9 Å². The molecular weight excluding hydrogens is 388 g/mol. The molecule has 154 valence electrons. The number of thioether (sulfide) groups is 1. The van der Waals surface area contributed by atoms with Gasteiger partial charge in [-0.05, 0) is 5.56 Å². The van der Waals surface area contributed by atoms with Crippen LogP contribution in [0.15, 0.2) is 30.3 Å². The van der Waals surface area contributed by atoms with Crippen LogP contribution in [0.5, 0.6) is 0 Å². The van der Waals surface area contributed by atoms with E-state index in [4.69, 9.17) is 18.9 Å². The highest BCUT2D eigenvalue weighted by Crippen LogP contribution is 2.44. The van der Waals surface area contributed by atoms with E-state index in [-0.39, 0.29) is 6.61 Å². The summed E-state index contributed by atoms with van der Waals surface area (Å²) in [5.74, 6) is -1.31. The topological polar surface area (TPSA) is 108 Å². The van der Waals surface area contributed by atoms with Gasteiger partial charge in [-0.3, -0.25) is 14.4 Å². The van der Waals surface area contributed by atoms with Gasteiger partial charge in [-0.15, -0.1) is 11.8 Å². The fourth-order valence-corrected chi connectivity index (χ4v) is 4.13. The van der Waals surface area contributed by atoms with Gasteiger partial charge in [0.05, 0.1) is 6.61 Å². The van der Waals surface area contributed by atoms with Gasteiger partial charge in [0, 0.05) is 26.5 Å². The number of aliphatic hydroxyl groups excluding tert-OH is 1. The Kier molecular flexibility index (Phi) is 7.85. The van der Waals surface area contributed by atoms with Crippen molar-refractivity contribution in [1.29, 1.82) is 0 Å². The molecule has 0 aliphatic carbocycles. The molecule has 1 saturated heterocycles. The number of ether oxygens (including phenoxy) is 4. The highest BCUT2D eigenvalue weighted by atomic mass is 32.2. The summed E-state index contributed by atoms with van der Waals surface area (Å²) in [6.45, 7) is 2.95. The summed E-state index contributed by atoms with van der Waals surface area (Å²) in [7, 11) is 0. The van der Waals surface area contributed by atoms with Crippen LogP contribution in [-0.4, -0.2) is 59.5 Å². The molecule has 0 aromatic heterocycles. The third kappa shape index (κ3) is 5.70. The molecule has 0 spiro atoms. The number of hydrogen-bond acceptors (Lipinski definition) is 9. The maximum atomic E-state index is 11.7. The number of esters is 3. The molecule has 2 rings (SSSR count). The van der Waals surface area contributed by atoms with Gasteiger partial charge in [-0.2, -0.15) is 0 Å². The van der Waals surface area contributed by atoms with Gasteiger partial charge in [0.2, 0.25) is 0 Å². The summed E-state index contributed by atoms with van der Waals surface area (Å²) in [4.78, 5) is 33.1. The third-order valence-corrected chi connectivity index (χ3v) is 5.47. The molecule has 1 heterocycles. The minimum atomic E-state index is -1.38. The molecule has 28 heavy (non-hydrogen) atoms. The van der Waals surface area contributed by atoms with Crippen LogP contribution in [0.1, 0.15) is 26.3 Å². The van der Waals surface area contributed by atoms with E-state index in [0.29, 0.717) is 5.75 Å². The Bertz CT molecular complexity index is 694. The van der Waals surface area contributed by atoms with Gasteiger partial charge in [0.1, 0.15) is 12.7 Å². The van der Waals surface area contributed by atoms with Gasteiger partial charge in [0.15, 0.2) is 17.1 Å². The van der Waals surface area contributed by atoms with Crippen LogP contribution in [0.3, 0.4) is 0 Å². The number of hydrogen-bond donors (Lipinski definition) is 1. The Hall–Kier alpha value is -2.10. The van der Waals surface area contributed by atoms with Crippen molar-refractivity contribution in [1.82, 2.24) is 0 Å². The average Bonchev–Trinajstić information content (AvgIpc) is 2.92. The minimum Gasteiger partial charge on any atom is -0.463 e. The molecule has 0 saturated carbocycles. The van der Waals surface area contributed by atoms with Crippen LogP contribution >= 0.6 is 11.8 Å². The van der Waals surface area contributed by atoms with Crippen LogP contribution in [0, 0.1) is 0 Å². The number of aliphatic hydroxyl groups is 1. The van der Waals surface area contributed by atoms with E-state index < -0.39 is 47.8 Å². The van der Waals surface area contributed by atoms with Crippen molar-refractivity contribution < 1.29 is 38.4 Å². The Morgan fingerprint density at radius 1 is 1.07 bits per heavy atom. The summed E-state index contributed by atoms with van der Waals surface area (Å²) < 4.78 is 21.7. The van der Waals surface area contributed by atoms with Crippen molar-refractivity contribution in [3.63, 3.8) is 0 Å². The van der Waals surface area contributed by atoms with Crippen LogP contribution in [0.4, 0.5) is 0 Å². The summed E-state index contributed by atoms with van der Waals surface area (Å²) >= 11 is 1.22. The molecule has 4 atom stereocenters. The van der Waals surface area contributed by atoms with Crippen molar-refractivity contribution in [2.45, 2.75) is 49.8 Å². The maximum absolute atomic E-state index is 11.7. The first-order valence-electron chi connectivity index (χ1n) is 8.72. The largest absolute Gasteiger partial charge is 0.463 e. The van der Waals surface area contributed by atoms with Crippen molar-refractivity contribution in [2.24, 2.45) is 0 Å². The number of carbonyl (C=O) groups is 3. The molecule has 1 fully saturated rings. The van der Waals surface area contributed by atoms with E-state index in [1.165, 1.54) is 32.5 Å². The molecule has 0 bridgehead atoms. The molecular formula is C19H24O8S. The quantitative estimate of drug-likeness (QED) is 0.501. The zero-order chi connectivity index (χ0) is 20.7. The summed E-state index contributed by atoms with van der Waals surface area (Å²) in [6, 6.07) is 9.47. The summed E-state index contributed by atoms with van der Waals surface area (Å²) in [5, 5.41) is 10.1. The second kappa shape index (κ2) is 9.90. The van der Waals surface area contributed by atoms with E-state index in [2.05, 4.69) is 0 Å². The lowest BCUT2D eigenvalue weighted by atomic mass is 10.1. The Morgan fingerprint density at radius 3 is 2.25 bits per heavy atom. The molecule has 9 heteroatoms. The second-order valence-corrected chi connectivity index (χ2v) is 7.58. The Balaban J connectivity index is 2.30. The predicted molar refractivity (Wildman–Crippen MR) is 100 cm³/mol. The van der Waals surface area contributed by atoms with Gasteiger partial charge in [-0.1, -0.05) is 30.3 Å². The zero-order valence-corrected chi connectivity index (χ0v) is 16.8. The van der Waals surface area contributed by atoms with E-state index in [1.807, 2.05) is 30.3 Å². The Morgan fingerprint density at radius 2 is 1.71 bits per heavy atom. The lowest BCUT2D eigenvalue weighted by Gasteiger charge is -2.32. The van der Waals surface area contributed by atoms with Crippen molar-refractivity contribution in [2.75, 3.05) is 13.2 Å². The minimum absolute atomic E-state index is 0.210. The van der Waals surface area contributed by atoms with E-state index >= 15 is 0 Å². The predicted octanol–water partition coefficient (Wildman–Crippen LogP) is 1.43. The van der Waals surface area contributed by atoms with Crippen LogP contribution in [0.2, 0.25) is 0 Å². The fourth-order valence-electron chi connectivity index (χ4n) is 2.90. The molecule has 0 unspecified atom stereocenters. The highest BCUT2D eigenvalue weighted by Gasteiger charge is 2.59. The summed E-state index contributed by atoms with van der Waals surface area (Å²) in [5.41, 5.74) is 0.970. The smallest absolute Gasteiger partial charge is 0.303 e. The highest BCUT2D eigenvalue weighted by molar-refractivity contribution is 7.99. The fraction of sp³-hybridized carbons (Fsp3) is 0.526. The lowest BCUT2D eigenvalue weighted by Crippen LogP contribution is -2.47. The molecule has 0 amide bonds. The van der Waals surface area contributed by atoms with Gasteiger partial charge >= 0.3 is 17.9 Å². The molecule has 8 nitrogen and oxygen atoms in total. The average molecular weight is 412 g/mol. The van der Waals surface area contributed by atoms with Crippen LogP contribution in [0.25, 0.3) is 0 Å². The first kappa shape index (κ1) is 22.2. The monoisotopic (exact) mass is 412 g/mol. The first-order chi connectivity index (χ1) is 13.3. The van der Waals surface area contributed by atoms with E-state index in [9.17, 15) is 19.5 Å². The van der Waals surface area contributed by atoms with Gasteiger partial charge in [-0.25, -0.2) is 0 Å². The van der Waals surface area contributed by atoms with E-state index in [1.54, 1.807) is 0 Å². The molecule has 1 aromatic rings. The van der Waals surface area contributed by atoms with Crippen molar-refractivity contribution >= 4 is 29.7 Å². The van der Waals surface area contributed by atoms with Gasteiger partial charge < -0.3 is 24.1 Å². The normalized spacial score (nSPS) is 26.5. The molecule has 1 aliphatic heterocycles. The van der Waals surface area contributed by atoms with Crippen molar-refractivity contribution in [3.8, 4) is 0 Å². The zero-order valence-electron chi connectivity index (χ0n) is 16.0. The third-order valence-electron chi connectivity index (χ3n) is 4.04. The van der Waals surface area contributed by atoms with Gasteiger partial charge in [0.25, 0.3) is 0 Å². The lowest BCUT2D eigenvalue weighted by molar-refractivity contribution is -0.166. The van der Waals surface area contributed by atoms with Crippen LogP contribution in [-0.2, 0) is 39.1 Å². The molecule has 0 radical (unpaired) electrons. The second-order valence-electron chi connectivity index (χ2n) is 6.31. The molecule has 1 N–H and O–H groups in total. The Labute approximate surface area is 167 Å². The number of carbonyl (C=O) groups excluding carboxylic acids is 3. The summed E-state index contributed by atoms with van der Waals surface area (Å²) in [6.07, 6.45) is -3.00. The molecule has 1 aliphatic rings. The SMILES string of the molecule is CC(=O)OC[C@H]1O[C@](CO)(SCc2ccccc2)[C@@H](OC(C)=O)[C@@H]1OC(C)=O. The maximum Gasteiger partial charge on any atom is 0.303 e. The van der Waals surface area contributed by atoms with Crippen LogP contribution < -0.4 is 0 Å². The number of benzene rings is 1. The standard InChI is InChI=1S/C19H24O8S/c1-12(21)24-9-16-17(25-13(2)22)18(26-14(3)23)19(11-20,27-16)28-10-15-7-5-4-6-8-15/h4-8,16-18,20H,9-11H2,1-3H3/t16-,17-,18+,19-/m1/s1. The molecule has 1 aromatic carbocycles. The first-order valence-corrected chi connectivity index (χ1v) is 9.70.